The number of hydrogen-bond acceptors (Lipinski definition) is 8. The van der Waals surface area contributed by atoms with Crippen LogP contribution in [0.5, 0.6) is 0 Å². The average molecular weight is 594 g/mol. The number of aliphatic hydroxyl groups is 1. The quantitative estimate of drug-likeness (QED) is 0.179. The Balaban J connectivity index is 1.49. The number of unbranched alkanes of at least 4 members (excludes halogenated alkanes) is 3. The van der Waals surface area contributed by atoms with Crippen molar-refractivity contribution in [2.75, 3.05) is 26.3 Å². The van der Waals surface area contributed by atoms with Crippen LogP contribution < -0.4 is 0 Å². The Morgan fingerprint density at radius 1 is 1.19 bits per heavy atom. The van der Waals surface area contributed by atoms with Crippen molar-refractivity contribution in [2.24, 2.45) is 11.8 Å². The topological polar surface area (TPSA) is 127 Å². The number of nitrogens with zero attached hydrogens (tertiary/aromatic N) is 5. The van der Waals surface area contributed by atoms with Crippen LogP contribution in [0.3, 0.4) is 0 Å². The zero-order valence-electron chi connectivity index (χ0n) is 25.0. The molecule has 0 radical (unpaired) electrons. The summed E-state index contributed by atoms with van der Waals surface area (Å²) >= 11 is 0. The molecular formula is C32H43N5O6. The van der Waals surface area contributed by atoms with E-state index in [1.54, 1.807) is 26.6 Å². The van der Waals surface area contributed by atoms with Crippen LogP contribution >= 0.6 is 0 Å². The zero-order chi connectivity index (χ0) is 30.6. The van der Waals surface area contributed by atoms with Crippen molar-refractivity contribution in [1.29, 1.82) is 0 Å². The number of aliphatic hydroxyl groups excluding tert-OH is 1. The van der Waals surface area contributed by atoms with Gasteiger partial charge in [0.15, 0.2) is 0 Å². The molecule has 1 spiro atoms. The molecule has 11 heteroatoms. The molecule has 1 N–H and O–H groups in total. The summed E-state index contributed by atoms with van der Waals surface area (Å²) in [6.07, 6.45) is 8.31. The van der Waals surface area contributed by atoms with Crippen LogP contribution in [0.15, 0.2) is 49.6 Å². The van der Waals surface area contributed by atoms with E-state index in [-0.39, 0.29) is 38.2 Å². The van der Waals surface area contributed by atoms with E-state index in [9.17, 15) is 19.5 Å². The smallest absolute Gasteiger partial charge is 0.312 e. The Morgan fingerprint density at radius 3 is 2.74 bits per heavy atom. The maximum Gasteiger partial charge on any atom is 0.312 e. The Hall–Kier alpha value is -3.57. The minimum atomic E-state index is -1.14. The standard InChI is InChI=1S/C32H43N5O6/c1-4-7-13-21-42-30(41)26-25-28(39)36(19-11-8-12-20-38)27(32(25)17-16-31(26,6-3)43-32)29(40)35(18-5-2)22-37-24-15-10-9-14-23(24)33-34-37/h4-5,9-10,14-15,25-27,38H,1-2,6-8,11-13,16-22H2,3H3/t25-,26-,27?,31+,32?/m0/s1. The van der Waals surface area contributed by atoms with Gasteiger partial charge in [-0.3, -0.25) is 14.4 Å². The summed E-state index contributed by atoms with van der Waals surface area (Å²) in [7, 11) is 0. The molecule has 4 heterocycles. The summed E-state index contributed by atoms with van der Waals surface area (Å²) in [5.41, 5.74) is -0.504. The van der Waals surface area contributed by atoms with Crippen LogP contribution in [-0.4, -0.2) is 91.2 Å². The third kappa shape index (κ3) is 5.37. The second kappa shape index (κ2) is 13.0. The van der Waals surface area contributed by atoms with E-state index in [1.165, 1.54) is 0 Å². The summed E-state index contributed by atoms with van der Waals surface area (Å²) < 4.78 is 14.2. The van der Waals surface area contributed by atoms with Gasteiger partial charge in [0.05, 0.1) is 23.6 Å². The Labute approximate surface area is 252 Å². The number of allylic oxidation sites excluding steroid dienone is 1. The Bertz CT molecular complexity index is 1360. The first-order valence-electron chi connectivity index (χ1n) is 15.4. The average Bonchev–Trinajstić information content (AvgIpc) is 3.74. The van der Waals surface area contributed by atoms with Crippen molar-refractivity contribution in [3.05, 3.63) is 49.6 Å². The summed E-state index contributed by atoms with van der Waals surface area (Å²) in [4.78, 5) is 45.9. The van der Waals surface area contributed by atoms with Crippen LogP contribution in [0.2, 0.25) is 0 Å². The number of benzene rings is 1. The molecule has 43 heavy (non-hydrogen) atoms. The van der Waals surface area contributed by atoms with Crippen molar-refractivity contribution in [1.82, 2.24) is 24.8 Å². The molecule has 3 fully saturated rings. The van der Waals surface area contributed by atoms with E-state index in [4.69, 9.17) is 9.47 Å². The molecule has 5 atom stereocenters. The molecule has 2 bridgehead atoms. The third-order valence-electron chi connectivity index (χ3n) is 9.41. The number of rotatable bonds is 16. The molecule has 232 valence electrons. The second-order valence-corrected chi connectivity index (χ2v) is 11.8. The molecule has 5 rings (SSSR count). The van der Waals surface area contributed by atoms with Crippen LogP contribution in [0.4, 0.5) is 0 Å². The normalized spacial score (nSPS) is 27.4. The Morgan fingerprint density at radius 2 is 2.00 bits per heavy atom. The summed E-state index contributed by atoms with van der Waals surface area (Å²) in [5.74, 6) is -2.54. The van der Waals surface area contributed by atoms with Gasteiger partial charge in [0.1, 0.15) is 29.7 Å². The van der Waals surface area contributed by atoms with Crippen LogP contribution in [-0.2, 0) is 30.5 Å². The van der Waals surface area contributed by atoms with Gasteiger partial charge in [-0.15, -0.1) is 18.3 Å². The minimum absolute atomic E-state index is 0.0593. The molecule has 2 unspecified atom stereocenters. The fourth-order valence-corrected chi connectivity index (χ4v) is 7.39. The molecule has 2 aromatic rings. The molecule has 3 aliphatic heterocycles. The molecule has 11 nitrogen and oxygen atoms in total. The number of amides is 2. The van der Waals surface area contributed by atoms with Crippen molar-refractivity contribution in [3.63, 3.8) is 0 Å². The van der Waals surface area contributed by atoms with Crippen molar-refractivity contribution in [3.8, 4) is 0 Å². The maximum atomic E-state index is 14.7. The lowest BCUT2D eigenvalue weighted by molar-refractivity contribution is -0.162. The van der Waals surface area contributed by atoms with E-state index in [0.717, 1.165) is 11.9 Å². The largest absolute Gasteiger partial charge is 0.465 e. The van der Waals surface area contributed by atoms with E-state index >= 15 is 0 Å². The van der Waals surface area contributed by atoms with E-state index in [1.807, 2.05) is 31.2 Å². The molecule has 1 aromatic carbocycles. The first-order chi connectivity index (χ1) is 20.9. The van der Waals surface area contributed by atoms with Gasteiger partial charge in [-0.1, -0.05) is 36.4 Å². The first kappa shape index (κ1) is 30.9. The lowest BCUT2D eigenvalue weighted by atomic mass is 9.65. The van der Waals surface area contributed by atoms with Gasteiger partial charge < -0.3 is 24.4 Å². The summed E-state index contributed by atoms with van der Waals surface area (Å²) in [6, 6.07) is 6.61. The molecule has 2 amide bonds. The summed E-state index contributed by atoms with van der Waals surface area (Å²) in [5, 5.41) is 17.8. The van der Waals surface area contributed by atoms with E-state index < -0.39 is 35.0 Å². The molecular weight excluding hydrogens is 550 g/mol. The zero-order valence-corrected chi connectivity index (χ0v) is 25.0. The maximum absolute atomic E-state index is 14.7. The van der Waals surface area contributed by atoms with Gasteiger partial charge in [0.2, 0.25) is 11.8 Å². The predicted molar refractivity (Wildman–Crippen MR) is 159 cm³/mol. The number of carbonyl (C=O) groups excluding carboxylic acids is 3. The highest BCUT2D eigenvalue weighted by Crippen LogP contribution is 2.64. The molecule has 0 aliphatic carbocycles. The molecule has 1 aromatic heterocycles. The lowest BCUT2D eigenvalue weighted by Crippen LogP contribution is -2.56. The fourth-order valence-electron chi connectivity index (χ4n) is 7.39. The highest BCUT2D eigenvalue weighted by Gasteiger charge is 2.79. The van der Waals surface area contributed by atoms with E-state index in [2.05, 4.69) is 23.5 Å². The minimum Gasteiger partial charge on any atom is -0.465 e. The van der Waals surface area contributed by atoms with Gasteiger partial charge in [-0.2, -0.15) is 0 Å². The van der Waals surface area contributed by atoms with Gasteiger partial charge in [-0.05, 0) is 63.5 Å². The SMILES string of the molecule is C=CCCCOC(=O)[C@@H]1[C@H]2C(=O)N(CCCCCO)C(C(=O)N(CC=C)Cn3nnc4ccccc43)C23CC[C@@]1(CC)O3. The van der Waals surface area contributed by atoms with Crippen molar-refractivity contribution < 1.29 is 29.0 Å². The van der Waals surface area contributed by atoms with Crippen LogP contribution in [0.25, 0.3) is 11.0 Å². The van der Waals surface area contributed by atoms with Gasteiger partial charge in [-0.25, -0.2) is 4.68 Å². The second-order valence-electron chi connectivity index (χ2n) is 11.8. The summed E-state index contributed by atoms with van der Waals surface area (Å²) in [6.45, 7) is 10.5. The number of aromatic nitrogens is 3. The van der Waals surface area contributed by atoms with E-state index in [0.29, 0.717) is 57.0 Å². The highest BCUT2D eigenvalue weighted by molar-refractivity contribution is 5.98. The number of fused-ring (bicyclic) bond motifs is 2. The van der Waals surface area contributed by atoms with Crippen LogP contribution in [0.1, 0.15) is 58.3 Å². The molecule has 3 saturated heterocycles. The first-order valence-corrected chi connectivity index (χ1v) is 15.4. The monoisotopic (exact) mass is 593 g/mol. The van der Waals surface area contributed by atoms with Crippen molar-refractivity contribution in [2.45, 2.75) is 82.2 Å². The van der Waals surface area contributed by atoms with Gasteiger partial charge >= 0.3 is 5.97 Å². The van der Waals surface area contributed by atoms with Gasteiger partial charge in [0, 0.05) is 19.7 Å². The molecule has 3 aliphatic rings. The third-order valence-corrected chi connectivity index (χ3v) is 9.41. The van der Waals surface area contributed by atoms with Crippen LogP contribution in [0, 0.1) is 11.8 Å². The number of para-hydroxylation sites is 1. The van der Waals surface area contributed by atoms with Gasteiger partial charge in [0.25, 0.3) is 0 Å². The van der Waals surface area contributed by atoms with Crippen molar-refractivity contribution >= 4 is 28.8 Å². The molecule has 0 saturated carbocycles. The number of esters is 1. The highest BCUT2D eigenvalue weighted by atomic mass is 16.6. The lowest BCUT2D eigenvalue weighted by Gasteiger charge is -2.36. The number of likely N-dealkylation sites (tertiary alicyclic amines) is 1. The predicted octanol–water partition coefficient (Wildman–Crippen LogP) is 3.23. The number of hydrogen-bond donors (Lipinski definition) is 1. The fraction of sp³-hybridized carbons (Fsp3) is 0.594. The Kier molecular flexibility index (Phi) is 9.31. The number of ether oxygens (including phenoxy) is 2. The number of carbonyl (C=O) groups is 3.